The Morgan fingerprint density at radius 2 is 2.05 bits per heavy atom. The van der Waals surface area contributed by atoms with E-state index in [-0.39, 0.29) is 11.4 Å². The van der Waals surface area contributed by atoms with Crippen LogP contribution in [0.2, 0.25) is 0 Å². The van der Waals surface area contributed by atoms with E-state index in [1.165, 1.54) is 10.1 Å². The van der Waals surface area contributed by atoms with Crippen molar-refractivity contribution in [3.63, 3.8) is 0 Å². The minimum absolute atomic E-state index is 0.0935. The summed E-state index contributed by atoms with van der Waals surface area (Å²) in [6, 6.07) is 7.98. The molecule has 0 bridgehead atoms. The molecule has 0 aliphatic carbocycles. The number of rotatable bonds is 4. The standard InChI is InChI=1S/C16H17NO3S/c1-4-20-15(18)10-17-12(3)14(21-16(17)19)9-13-7-5-11(2)6-8-13/h5-9H,3-4,10H2,1-2H3/b14-9-. The second-order valence-corrected chi connectivity index (χ2v) is 5.62. The summed E-state index contributed by atoms with van der Waals surface area (Å²) < 4.78 is 6.97. The first kappa shape index (κ1) is 15.3. The number of carbonyl (C=O) groups is 1. The largest absolute Gasteiger partial charge is 0.465 e. The molecular weight excluding hydrogens is 286 g/mol. The fourth-order valence-electron chi connectivity index (χ4n) is 1.87. The number of hydrogen-bond acceptors (Lipinski definition) is 4. The van der Waals surface area contributed by atoms with E-state index in [2.05, 4.69) is 6.58 Å². The molecule has 110 valence electrons. The molecule has 0 unspecified atom stereocenters. The highest BCUT2D eigenvalue weighted by molar-refractivity contribution is 7.07. The summed E-state index contributed by atoms with van der Waals surface area (Å²) in [6.07, 6.45) is 1.90. The van der Waals surface area contributed by atoms with E-state index in [0.717, 1.165) is 21.4 Å². The van der Waals surface area contributed by atoms with Gasteiger partial charge in [0.05, 0.1) is 16.5 Å². The first-order valence-electron chi connectivity index (χ1n) is 6.64. The molecule has 0 saturated heterocycles. The first-order valence-corrected chi connectivity index (χ1v) is 7.45. The summed E-state index contributed by atoms with van der Waals surface area (Å²) in [5.41, 5.74) is 2.17. The van der Waals surface area contributed by atoms with Crippen LogP contribution >= 0.6 is 11.3 Å². The molecule has 0 aliphatic rings. The van der Waals surface area contributed by atoms with Gasteiger partial charge in [0.2, 0.25) is 0 Å². The molecule has 0 N–H and O–H groups in total. The van der Waals surface area contributed by atoms with Gasteiger partial charge in [-0.15, -0.1) is 0 Å². The molecule has 1 aromatic carbocycles. The van der Waals surface area contributed by atoms with Crippen LogP contribution in [-0.2, 0) is 16.1 Å². The molecule has 2 rings (SSSR count). The van der Waals surface area contributed by atoms with Crippen LogP contribution in [0, 0.1) is 6.92 Å². The predicted molar refractivity (Wildman–Crippen MR) is 84.7 cm³/mol. The number of nitrogens with zero attached hydrogens (tertiary/aromatic N) is 1. The average Bonchev–Trinajstić information content (AvgIpc) is 2.69. The van der Waals surface area contributed by atoms with Gasteiger partial charge in [0.15, 0.2) is 0 Å². The summed E-state index contributed by atoms with van der Waals surface area (Å²) in [5, 5.41) is 0.540. The Morgan fingerprint density at radius 1 is 1.38 bits per heavy atom. The molecule has 21 heavy (non-hydrogen) atoms. The van der Waals surface area contributed by atoms with Crippen molar-refractivity contribution in [2.75, 3.05) is 6.61 Å². The van der Waals surface area contributed by atoms with Gasteiger partial charge >= 0.3 is 10.8 Å². The van der Waals surface area contributed by atoms with E-state index >= 15 is 0 Å². The third-order valence-electron chi connectivity index (χ3n) is 3.00. The molecule has 1 aromatic heterocycles. The molecule has 5 heteroatoms. The molecule has 4 nitrogen and oxygen atoms in total. The Bertz CT molecular complexity index is 800. The lowest BCUT2D eigenvalue weighted by Gasteiger charge is -2.01. The van der Waals surface area contributed by atoms with Crippen molar-refractivity contribution in [2.45, 2.75) is 20.4 Å². The SMILES string of the molecule is C=c1/c(=C/c2ccc(C)cc2)sc(=O)n1CC(=O)OCC. The first-order chi connectivity index (χ1) is 10.0. The highest BCUT2D eigenvalue weighted by Crippen LogP contribution is 2.03. The van der Waals surface area contributed by atoms with Crippen LogP contribution in [0.5, 0.6) is 0 Å². The van der Waals surface area contributed by atoms with Crippen LogP contribution in [0.1, 0.15) is 18.1 Å². The van der Waals surface area contributed by atoms with Gasteiger partial charge in [-0.1, -0.05) is 47.7 Å². The highest BCUT2D eigenvalue weighted by atomic mass is 32.1. The second-order valence-electron chi connectivity index (χ2n) is 4.63. The van der Waals surface area contributed by atoms with Crippen LogP contribution in [0.3, 0.4) is 0 Å². The molecule has 0 atom stereocenters. The number of thiazole rings is 1. The lowest BCUT2D eigenvalue weighted by molar-refractivity contribution is -0.143. The summed E-state index contributed by atoms with van der Waals surface area (Å²) in [6.45, 7) is 7.86. The van der Waals surface area contributed by atoms with Gasteiger partial charge in [-0.3, -0.25) is 14.2 Å². The van der Waals surface area contributed by atoms with Crippen LogP contribution < -0.4 is 14.8 Å². The zero-order chi connectivity index (χ0) is 15.4. The van der Waals surface area contributed by atoms with E-state index in [4.69, 9.17) is 4.74 Å². The summed E-state index contributed by atoms with van der Waals surface area (Å²) in [4.78, 5) is 23.3. The van der Waals surface area contributed by atoms with Crippen molar-refractivity contribution in [1.29, 1.82) is 0 Å². The maximum absolute atomic E-state index is 12.0. The minimum Gasteiger partial charge on any atom is -0.465 e. The summed E-state index contributed by atoms with van der Waals surface area (Å²) in [7, 11) is 0. The summed E-state index contributed by atoms with van der Waals surface area (Å²) in [5.74, 6) is -0.427. The van der Waals surface area contributed by atoms with Crippen molar-refractivity contribution < 1.29 is 9.53 Å². The van der Waals surface area contributed by atoms with Gasteiger partial charge in [-0.05, 0) is 25.5 Å². The van der Waals surface area contributed by atoms with Gasteiger partial charge in [0.25, 0.3) is 0 Å². The van der Waals surface area contributed by atoms with E-state index in [9.17, 15) is 9.59 Å². The van der Waals surface area contributed by atoms with Crippen LogP contribution in [0.4, 0.5) is 0 Å². The predicted octanol–water partition coefficient (Wildman–Crippen LogP) is 1.02. The average molecular weight is 303 g/mol. The number of aromatic nitrogens is 1. The van der Waals surface area contributed by atoms with Crippen molar-refractivity contribution >= 4 is 30.0 Å². The number of ether oxygens (including phenoxy) is 1. The lowest BCUT2D eigenvalue weighted by Crippen LogP contribution is -2.34. The lowest BCUT2D eigenvalue weighted by atomic mass is 10.1. The second kappa shape index (κ2) is 6.54. The van der Waals surface area contributed by atoms with Gasteiger partial charge < -0.3 is 4.74 Å². The van der Waals surface area contributed by atoms with Crippen molar-refractivity contribution in [3.8, 4) is 0 Å². The number of esters is 1. The number of hydrogen-bond donors (Lipinski definition) is 0. The Kier molecular flexibility index (Phi) is 4.75. The van der Waals surface area contributed by atoms with Crippen molar-refractivity contribution in [3.05, 3.63) is 54.9 Å². The normalized spacial score (nSPS) is 11.6. The van der Waals surface area contributed by atoms with Crippen LogP contribution in [-0.4, -0.2) is 17.1 Å². The zero-order valence-corrected chi connectivity index (χ0v) is 12.9. The van der Waals surface area contributed by atoms with Crippen molar-refractivity contribution in [2.24, 2.45) is 0 Å². The molecule has 0 radical (unpaired) electrons. The van der Waals surface area contributed by atoms with Crippen LogP contribution in [0.25, 0.3) is 12.7 Å². The third-order valence-corrected chi connectivity index (χ3v) is 3.96. The molecule has 0 spiro atoms. The van der Waals surface area contributed by atoms with Gasteiger partial charge in [0.1, 0.15) is 6.54 Å². The Labute approximate surface area is 126 Å². The molecule has 0 saturated carbocycles. The fraction of sp³-hybridized carbons (Fsp3) is 0.250. The van der Waals surface area contributed by atoms with Gasteiger partial charge in [-0.2, -0.15) is 0 Å². The fourth-order valence-corrected chi connectivity index (χ4v) is 2.77. The van der Waals surface area contributed by atoms with E-state index < -0.39 is 5.97 Å². The molecule has 0 aliphatic heterocycles. The van der Waals surface area contributed by atoms with E-state index in [1.807, 2.05) is 37.3 Å². The quantitative estimate of drug-likeness (QED) is 0.792. The highest BCUT2D eigenvalue weighted by Gasteiger charge is 2.08. The van der Waals surface area contributed by atoms with E-state index in [1.54, 1.807) is 6.92 Å². The molecule has 2 aromatic rings. The molecule has 0 amide bonds. The zero-order valence-electron chi connectivity index (χ0n) is 12.1. The van der Waals surface area contributed by atoms with Crippen LogP contribution in [0.15, 0.2) is 29.1 Å². The minimum atomic E-state index is -0.427. The van der Waals surface area contributed by atoms with E-state index in [0.29, 0.717) is 12.0 Å². The maximum Gasteiger partial charge on any atom is 0.326 e. The topological polar surface area (TPSA) is 48.3 Å². The monoisotopic (exact) mass is 303 g/mol. The molecule has 1 heterocycles. The number of benzene rings is 1. The maximum atomic E-state index is 12.0. The molecular formula is C16H17NO3S. The van der Waals surface area contributed by atoms with Gasteiger partial charge in [0, 0.05) is 0 Å². The summed E-state index contributed by atoms with van der Waals surface area (Å²) >= 11 is 1.08. The number of aryl methyl sites for hydroxylation is 1. The Morgan fingerprint density at radius 3 is 2.67 bits per heavy atom. The van der Waals surface area contributed by atoms with Crippen molar-refractivity contribution in [1.82, 2.24) is 4.57 Å². The third kappa shape index (κ3) is 3.70. The Balaban J connectivity index is 2.39. The Hall–Kier alpha value is -2.14. The number of carbonyl (C=O) groups excluding carboxylic acids is 1. The van der Waals surface area contributed by atoms with Gasteiger partial charge in [-0.25, -0.2) is 0 Å². The molecule has 0 fully saturated rings. The smallest absolute Gasteiger partial charge is 0.326 e.